The topological polar surface area (TPSA) is 41.6 Å². The predicted octanol–water partition coefficient (Wildman–Crippen LogP) is 3.46. The predicted molar refractivity (Wildman–Crippen MR) is 99.8 cm³/mol. The van der Waals surface area contributed by atoms with Gasteiger partial charge in [-0.1, -0.05) is 48.5 Å². The molecule has 4 atom stereocenters. The lowest BCUT2D eigenvalue weighted by Gasteiger charge is -2.56. The monoisotopic (exact) mass is 348 g/mol. The second-order valence-corrected chi connectivity index (χ2v) is 7.83. The SMILES string of the molecule is C[C@@H](c1ccccc1)N1CC[C@@]23NC(=O)C[C@@H](c4ccccc4O2)[C@@H]3C1. The molecule has 2 bridgehead atoms. The maximum atomic E-state index is 12.4. The number of amides is 1. The Labute approximate surface area is 154 Å². The van der Waals surface area contributed by atoms with Crippen LogP contribution in [0.1, 0.15) is 42.9 Å². The van der Waals surface area contributed by atoms with Crippen LogP contribution in [0.4, 0.5) is 0 Å². The van der Waals surface area contributed by atoms with Crippen LogP contribution in [0.25, 0.3) is 0 Å². The molecule has 0 radical (unpaired) electrons. The summed E-state index contributed by atoms with van der Waals surface area (Å²) in [6, 6.07) is 19.3. The Morgan fingerprint density at radius 2 is 1.92 bits per heavy atom. The van der Waals surface area contributed by atoms with Gasteiger partial charge in [0.25, 0.3) is 0 Å². The number of piperidine rings is 2. The standard InChI is InChI=1S/C22H24N2O2/c1-15(16-7-3-2-4-8-16)24-12-11-22-19(14-24)18(13-21(25)23-22)17-9-5-6-10-20(17)26-22/h2-10,15,18-19H,11-14H2,1H3,(H,23,25)/t15-,18-,19-,22+/m0/s1. The third-order valence-electron chi connectivity index (χ3n) is 6.48. The van der Waals surface area contributed by atoms with Gasteiger partial charge in [0.1, 0.15) is 5.75 Å². The van der Waals surface area contributed by atoms with Gasteiger partial charge in [-0.2, -0.15) is 0 Å². The Kier molecular flexibility index (Phi) is 3.57. The zero-order chi connectivity index (χ0) is 17.7. The summed E-state index contributed by atoms with van der Waals surface area (Å²) in [6.07, 6.45) is 1.38. The number of hydrogen-bond acceptors (Lipinski definition) is 3. The first kappa shape index (κ1) is 15.9. The lowest BCUT2D eigenvalue weighted by atomic mass is 9.69. The van der Waals surface area contributed by atoms with E-state index < -0.39 is 5.72 Å². The van der Waals surface area contributed by atoms with Gasteiger partial charge in [-0.05, 0) is 24.1 Å². The van der Waals surface area contributed by atoms with Crippen molar-refractivity contribution in [2.75, 3.05) is 13.1 Å². The average Bonchev–Trinajstić information content (AvgIpc) is 2.67. The van der Waals surface area contributed by atoms with Crippen LogP contribution in [0, 0.1) is 5.92 Å². The average molecular weight is 348 g/mol. The van der Waals surface area contributed by atoms with E-state index in [0.717, 1.165) is 25.3 Å². The number of carbonyl (C=O) groups is 1. The molecular weight excluding hydrogens is 324 g/mol. The summed E-state index contributed by atoms with van der Waals surface area (Å²) in [7, 11) is 0. The number of nitrogens with one attached hydrogen (secondary N) is 1. The molecule has 2 aromatic rings. The molecule has 0 unspecified atom stereocenters. The highest BCUT2D eigenvalue weighted by molar-refractivity contribution is 5.80. The molecule has 0 aromatic heterocycles. The molecule has 1 N–H and O–H groups in total. The second-order valence-electron chi connectivity index (χ2n) is 7.83. The molecule has 4 nitrogen and oxygen atoms in total. The smallest absolute Gasteiger partial charge is 0.223 e. The maximum absolute atomic E-state index is 12.4. The summed E-state index contributed by atoms with van der Waals surface area (Å²) < 4.78 is 6.44. The number of rotatable bonds is 2. The van der Waals surface area contributed by atoms with Gasteiger partial charge >= 0.3 is 0 Å². The van der Waals surface area contributed by atoms with Crippen molar-refractivity contribution in [3.8, 4) is 5.75 Å². The Morgan fingerprint density at radius 1 is 1.15 bits per heavy atom. The summed E-state index contributed by atoms with van der Waals surface area (Å²) >= 11 is 0. The summed E-state index contributed by atoms with van der Waals surface area (Å²) in [4.78, 5) is 14.9. The molecule has 0 aliphatic carbocycles. The molecule has 4 heteroatoms. The highest BCUT2D eigenvalue weighted by Gasteiger charge is 2.57. The Bertz CT molecular complexity index is 837. The van der Waals surface area contributed by atoms with Gasteiger partial charge in [-0.15, -0.1) is 0 Å². The van der Waals surface area contributed by atoms with Crippen molar-refractivity contribution >= 4 is 5.91 Å². The van der Waals surface area contributed by atoms with Crippen LogP contribution in [-0.2, 0) is 4.79 Å². The number of benzene rings is 2. The fraction of sp³-hybridized carbons (Fsp3) is 0.409. The third kappa shape index (κ3) is 2.36. The molecule has 134 valence electrons. The first-order chi connectivity index (χ1) is 12.7. The van der Waals surface area contributed by atoms with Gasteiger partial charge in [0, 0.05) is 43.8 Å². The lowest BCUT2D eigenvalue weighted by molar-refractivity contribution is -0.154. The fourth-order valence-corrected chi connectivity index (χ4v) is 5.07. The molecule has 2 aromatic carbocycles. The number of ether oxygens (including phenoxy) is 1. The van der Waals surface area contributed by atoms with Crippen LogP contribution in [0.15, 0.2) is 54.6 Å². The van der Waals surface area contributed by atoms with E-state index in [1.807, 2.05) is 12.1 Å². The van der Waals surface area contributed by atoms with Crippen LogP contribution in [0.3, 0.4) is 0 Å². The number of hydrogen-bond donors (Lipinski definition) is 1. The fourth-order valence-electron chi connectivity index (χ4n) is 5.07. The minimum Gasteiger partial charge on any atom is -0.467 e. The molecule has 0 spiro atoms. The zero-order valence-electron chi connectivity index (χ0n) is 15.0. The minimum atomic E-state index is -0.540. The molecule has 2 saturated heterocycles. The molecule has 1 amide bonds. The Morgan fingerprint density at radius 3 is 2.77 bits per heavy atom. The normalized spacial score (nSPS) is 31.2. The molecule has 3 aliphatic rings. The van der Waals surface area contributed by atoms with E-state index in [1.54, 1.807) is 0 Å². The molecule has 5 rings (SSSR count). The third-order valence-corrected chi connectivity index (χ3v) is 6.48. The zero-order valence-corrected chi connectivity index (χ0v) is 15.0. The lowest BCUT2D eigenvalue weighted by Crippen LogP contribution is -2.70. The number of para-hydroxylation sites is 1. The molecule has 26 heavy (non-hydrogen) atoms. The number of nitrogens with zero attached hydrogens (tertiary/aromatic N) is 1. The maximum Gasteiger partial charge on any atom is 0.223 e. The highest BCUT2D eigenvalue weighted by Crippen LogP contribution is 2.51. The summed E-state index contributed by atoms with van der Waals surface area (Å²) in [5.74, 6) is 1.58. The second kappa shape index (κ2) is 5.85. The van der Waals surface area contributed by atoms with Crippen molar-refractivity contribution < 1.29 is 9.53 Å². The molecule has 3 aliphatic heterocycles. The number of carbonyl (C=O) groups excluding carboxylic acids is 1. The first-order valence-electron chi connectivity index (χ1n) is 9.54. The van der Waals surface area contributed by atoms with Crippen molar-refractivity contribution in [2.45, 2.75) is 37.5 Å². The van der Waals surface area contributed by atoms with E-state index in [2.05, 4.69) is 59.6 Å². The summed E-state index contributed by atoms with van der Waals surface area (Å²) in [6.45, 7) is 4.14. The first-order valence-corrected chi connectivity index (χ1v) is 9.54. The largest absolute Gasteiger partial charge is 0.467 e. The van der Waals surface area contributed by atoms with Gasteiger partial charge in [0.05, 0.1) is 0 Å². The van der Waals surface area contributed by atoms with Crippen molar-refractivity contribution in [2.24, 2.45) is 5.92 Å². The minimum absolute atomic E-state index is 0.116. The van der Waals surface area contributed by atoms with Crippen molar-refractivity contribution in [1.29, 1.82) is 0 Å². The van der Waals surface area contributed by atoms with Crippen molar-refractivity contribution in [3.63, 3.8) is 0 Å². The van der Waals surface area contributed by atoms with E-state index in [1.165, 1.54) is 11.1 Å². The van der Waals surface area contributed by atoms with Crippen molar-refractivity contribution in [3.05, 3.63) is 65.7 Å². The van der Waals surface area contributed by atoms with Crippen LogP contribution in [-0.4, -0.2) is 29.6 Å². The van der Waals surface area contributed by atoms with Gasteiger partial charge in [-0.3, -0.25) is 9.69 Å². The molecular formula is C22H24N2O2. The van der Waals surface area contributed by atoms with E-state index in [0.29, 0.717) is 12.5 Å². The van der Waals surface area contributed by atoms with Gasteiger partial charge in [0.2, 0.25) is 5.91 Å². The van der Waals surface area contributed by atoms with Crippen LogP contribution in [0.5, 0.6) is 5.75 Å². The Hall–Kier alpha value is -2.33. The van der Waals surface area contributed by atoms with E-state index in [9.17, 15) is 4.79 Å². The molecule has 0 saturated carbocycles. The number of likely N-dealkylation sites (tertiary alicyclic amines) is 1. The van der Waals surface area contributed by atoms with E-state index in [-0.39, 0.29) is 17.7 Å². The van der Waals surface area contributed by atoms with Crippen LogP contribution in [0.2, 0.25) is 0 Å². The molecule has 2 fully saturated rings. The van der Waals surface area contributed by atoms with E-state index >= 15 is 0 Å². The highest BCUT2D eigenvalue weighted by atomic mass is 16.5. The summed E-state index contributed by atoms with van der Waals surface area (Å²) in [5.41, 5.74) is 1.99. The van der Waals surface area contributed by atoms with Gasteiger partial charge < -0.3 is 10.1 Å². The quantitative estimate of drug-likeness (QED) is 0.904. The van der Waals surface area contributed by atoms with Crippen LogP contribution < -0.4 is 10.1 Å². The Balaban J connectivity index is 1.48. The van der Waals surface area contributed by atoms with E-state index in [4.69, 9.17) is 4.74 Å². The van der Waals surface area contributed by atoms with Gasteiger partial charge in [0.15, 0.2) is 5.72 Å². The van der Waals surface area contributed by atoms with Crippen LogP contribution >= 0.6 is 0 Å². The summed E-state index contributed by atoms with van der Waals surface area (Å²) in [5, 5.41) is 3.22. The van der Waals surface area contributed by atoms with Gasteiger partial charge in [-0.25, -0.2) is 0 Å². The van der Waals surface area contributed by atoms with Crippen molar-refractivity contribution in [1.82, 2.24) is 10.2 Å². The number of fused-ring (bicyclic) bond motifs is 2. The molecule has 3 heterocycles.